The first-order valence-electron chi connectivity index (χ1n) is 4.99. The van der Waals surface area contributed by atoms with Crippen LogP contribution >= 0.6 is 0 Å². The number of ether oxygens (including phenoxy) is 3. The van der Waals surface area contributed by atoms with Crippen molar-refractivity contribution >= 4 is 0 Å². The van der Waals surface area contributed by atoms with Crippen LogP contribution in [0, 0.1) is 0 Å². The first-order valence-corrected chi connectivity index (χ1v) is 4.99. The van der Waals surface area contributed by atoms with Crippen molar-refractivity contribution in [2.75, 3.05) is 14.2 Å². The predicted molar refractivity (Wildman–Crippen MR) is 61.5 cm³/mol. The number of hydrogen-bond acceptors (Lipinski definition) is 3. The van der Waals surface area contributed by atoms with Gasteiger partial charge in [-0.25, -0.2) is 0 Å². The van der Waals surface area contributed by atoms with Crippen molar-refractivity contribution < 1.29 is 14.2 Å². The summed E-state index contributed by atoms with van der Waals surface area (Å²) in [6, 6.07) is 0. The van der Waals surface area contributed by atoms with Crippen LogP contribution in [0.15, 0.2) is 24.3 Å². The molecule has 15 heavy (non-hydrogen) atoms. The van der Waals surface area contributed by atoms with Crippen LogP contribution in [0.4, 0.5) is 0 Å². The Balaban J connectivity index is 4.10. The van der Waals surface area contributed by atoms with Crippen molar-refractivity contribution in [3.8, 4) is 0 Å². The van der Waals surface area contributed by atoms with Gasteiger partial charge in [0.1, 0.15) is 0 Å². The van der Waals surface area contributed by atoms with E-state index in [9.17, 15) is 0 Å². The molecule has 0 aromatic rings. The monoisotopic (exact) mass is 214 g/mol. The zero-order chi connectivity index (χ0) is 11.8. The Morgan fingerprint density at radius 2 is 1.27 bits per heavy atom. The molecule has 0 aromatic carbocycles. The zero-order valence-electron chi connectivity index (χ0n) is 10.2. The minimum atomic E-state index is -0.299. The van der Waals surface area contributed by atoms with Crippen molar-refractivity contribution in [2.45, 2.75) is 39.3 Å². The molecule has 0 amide bonds. The van der Waals surface area contributed by atoms with E-state index < -0.39 is 0 Å². The molecule has 0 aliphatic rings. The van der Waals surface area contributed by atoms with E-state index in [-0.39, 0.29) is 12.6 Å². The molecule has 0 aromatic heterocycles. The molecule has 0 radical (unpaired) electrons. The minimum absolute atomic E-state index is 0.299. The molecule has 0 aliphatic carbocycles. The maximum absolute atomic E-state index is 5.60. The lowest BCUT2D eigenvalue weighted by atomic mass is 10.2. The Morgan fingerprint density at radius 3 is 1.47 bits per heavy atom. The van der Waals surface area contributed by atoms with E-state index in [0.29, 0.717) is 12.8 Å². The van der Waals surface area contributed by atoms with Gasteiger partial charge in [-0.3, -0.25) is 0 Å². The quantitative estimate of drug-likeness (QED) is 0.459. The fourth-order valence-electron chi connectivity index (χ4n) is 1.11. The van der Waals surface area contributed by atoms with Crippen molar-refractivity contribution in [3.05, 3.63) is 24.3 Å². The van der Waals surface area contributed by atoms with Gasteiger partial charge in [-0.2, -0.15) is 0 Å². The molecule has 0 rings (SSSR count). The van der Waals surface area contributed by atoms with E-state index in [1.54, 1.807) is 14.2 Å². The maximum atomic E-state index is 5.60. The summed E-state index contributed by atoms with van der Waals surface area (Å²) in [5, 5.41) is 0. The average Bonchev–Trinajstić information content (AvgIpc) is 2.14. The fraction of sp³-hybridized carbons (Fsp3) is 0.667. The number of rotatable bonds is 8. The van der Waals surface area contributed by atoms with E-state index in [1.165, 1.54) is 0 Å². The second-order valence-electron chi connectivity index (χ2n) is 3.79. The third kappa shape index (κ3) is 7.31. The lowest BCUT2D eigenvalue weighted by Gasteiger charge is -2.23. The highest BCUT2D eigenvalue weighted by Crippen LogP contribution is 2.14. The van der Waals surface area contributed by atoms with E-state index in [2.05, 4.69) is 13.2 Å². The molecule has 0 bridgehead atoms. The van der Waals surface area contributed by atoms with E-state index in [1.807, 2.05) is 13.8 Å². The largest absolute Gasteiger partial charge is 0.355 e. The molecule has 88 valence electrons. The Morgan fingerprint density at radius 1 is 0.933 bits per heavy atom. The van der Waals surface area contributed by atoms with Crippen molar-refractivity contribution in [1.82, 2.24) is 0 Å². The number of methoxy groups -OCH3 is 2. The molecule has 3 heteroatoms. The minimum Gasteiger partial charge on any atom is -0.355 e. The topological polar surface area (TPSA) is 27.7 Å². The van der Waals surface area contributed by atoms with Gasteiger partial charge in [0.15, 0.2) is 12.6 Å². The molecule has 0 aliphatic heterocycles. The summed E-state index contributed by atoms with van der Waals surface area (Å²) in [5.41, 5.74) is 2.04. The van der Waals surface area contributed by atoms with Gasteiger partial charge in [-0.15, -0.1) is 0 Å². The highest BCUT2D eigenvalue weighted by Gasteiger charge is 2.15. The van der Waals surface area contributed by atoms with Crippen LogP contribution < -0.4 is 0 Å². The van der Waals surface area contributed by atoms with E-state index in [4.69, 9.17) is 14.2 Å². The highest BCUT2D eigenvalue weighted by atomic mass is 16.8. The molecule has 0 heterocycles. The van der Waals surface area contributed by atoms with Crippen LogP contribution in [0.3, 0.4) is 0 Å². The van der Waals surface area contributed by atoms with Crippen LogP contribution in [0.25, 0.3) is 0 Å². The number of hydrogen-bond donors (Lipinski definition) is 0. The summed E-state index contributed by atoms with van der Waals surface area (Å²) in [5.74, 6) is 0. The third-order valence-corrected chi connectivity index (χ3v) is 1.86. The lowest BCUT2D eigenvalue weighted by molar-refractivity contribution is -0.227. The van der Waals surface area contributed by atoms with Gasteiger partial charge in [0.25, 0.3) is 0 Å². The standard InChI is InChI=1S/C12H22O3/c1-9(2)7-11(13-5)15-12(14-6)8-10(3)4/h11-12H,1,3,7-8H2,2,4-6H3. The van der Waals surface area contributed by atoms with Crippen molar-refractivity contribution in [2.24, 2.45) is 0 Å². The van der Waals surface area contributed by atoms with Gasteiger partial charge in [-0.05, 0) is 13.8 Å². The normalized spacial score (nSPS) is 14.7. The molecule has 0 N–H and O–H groups in total. The molecule has 2 unspecified atom stereocenters. The summed E-state index contributed by atoms with van der Waals surface area (Å²) >= 11 is 0. The average molecular weight is 214 g/mol. The summed E-state index contributed by atoms with van der Waals surface area (Å²) < 4.78 is 16.0. The van der Waals surface area contributed by atoms with Crippen LogP contribution in [0.1, 0.15) is 26.7 Å². The van der Waals surface area contributed by atoms with Crippen molar-refractivity contribution in [3.63, 3.8) is 0 Å². The summed E-state index contributed by atoms with van der Waals surface area (Å²) in [6.07, 6.45) is 0.748. The zero-order valence-corrected chi connectivity index (χ0v) is 10.2. The SMILES string of the molecule is C=C(C)CC(OC)OC(CC(=C)C)OC. The van der Waals surface area contributed by atoms with Gasteiger partial charge in [0.05, 0.1) is 0 Å². The van der Waals surface area contributed by atoms with Gasteiger partial charge in [-0.1, -0.05) is 24.3 Å². The molecule has 0 fully saturated rings. The van der Waals surface area contributed by atoms with Gasteiger partial charge in [0.2, 0.25) is 0 Å². The fourth-order valence-corrected chi connectivity index (χ4v) is 1.11. The first kappa shape index (κ1) is 14.4. The second kappa shape index (κ2) is 7.63. The Labute approximate surface area is 92.7 Å². The van der Waals surface area contributed by atoms with E-state index in [0.717, 1.165) is 11.1 Å². The van der Waals surface area contributed by atoms with Gasteiger partial charge < -0.3 is 14.2 Å². The summed E-state index contributed by atoms with van der Waals surface area (Å²) in [7, 11) is 3.22. The maximum Gasteiger partial charge on any atom is 0.164 e. The molecule has 3 nitrogen and oxygen atoms in total. The van der Waals surface area contributed by atoms with Crippen molar-refractivity contribution in [1.29, 1.82) is 0 Å². The Kier molecular flexibility index (Phi) is 7.30. The smallest absolute Gasteiger partial charge is 0.164 e. The third-order valence-electron chi connectivity index (χ3n) is 1.86. The van der Waals surface area contributed by atoms with Crippen LogP contribution in [-0.2, 0) is 14.2 Å². The van der Waals surface area contributed by atoms with Gasteiger partial charge >= 0.3 is 0 Å². The van der Waals surface area contributed by atoms with E-state index >= 15 is 0 Å². The summed E-state index contributed by atoms with van der Waals surface area (Å²) in [6.45, 7) is 11.5. The second-order valence-corrected chi connectivity index (χ2v) is 3.79. The van der Waals surface area contributed by atoms with Gasteiger partial charge in [0, 0.05) is 27.1 Å². The van der Waals surface area contributed by atoms with Crippen LogP contribution in [0.2, 0.25) is 0 Å². The first-order chi connectivity index (χ1) is 6.99. The van der Waals surface area contributed by atoms with Crippen LogP contribution in [-0.4, -0.2) is 26.8 Å². The summed E-state index contributed by atoms with van der Waals surface area (Å²) in [4.78, 5) is 0. The highest BCUT2D eigenvalue weighted by molar-refractivity contribution is 4.91. The lowest BCUT2D eigenvalue weighted by Crippen LogP contribution is -2.25. The Hall–Kier alpha value is -0.640. The molecule has 0 saturated carbocycles. The molecule has 0 saturated heterocycles. The molecule has 2 atom stereocenters. The predicted octanol–water partition coefficient (Wildman–Crippen LogP) is 2.88. The van der Waals surface area contributed by atoms with Crippen LogP contribution in [0.5, 0.6) is 0 Å². The molecule has 0 spiro atoms. The Bertz CT molecular complexity index is 189. The molecular weight excluding hydrogens is 192 g/mol. The molecular formula is C12H22O3.